The van der Waals surface area contributed by atoms with Gasteiger partial charge in [0.2, 0.25) is 0 Å². The molecule has 0 aromatic heterocycles. The summed E-state index contributed by atoms with van der Waals surface area (Å²) >= 11 is 0. The molecule has 1 unspecified atom stereocenters. The highest BCUT2D eigenvalue weighted by molar-refractivity contribution is 7.45. The highest BCUT2D eigenvalue weighted by atomic mass is 31.2. The van der Waals surface area contributed by atoms with Crippen LogP contribution in [0.25, 0.3) is 0 Å². The molecule has 1 aliphatic rings. The van der Waals surface area contributed by atoms with Gasteiger partial charge in [0.25, 0.3) is 7.82 Å². The van der Waals surface area contributed by atoms with Crippen LogP contribution in [-0.2, 0) is 23.1 Å². The van der Waals surface area contributed by atoms with Crippen molar-refractivity contribution in [1.82, 2.24) is 0 Å². The van der Waals surface area contributed by atoms with E-state index in [1.807, 2.05) is 19.9 Å². The molecule has 0 saturated heterocycles. The van der Waals surface area contributed by atoms with Gasteiger partial charge in [-0.1, -0.05) is 89.0 Å². The van der Waals surface area contributed by atoms with Crippen molar-refractivity contribution >= 4 is 13.8 Å². The summed E-state index contributed by atoms with van der Waals surface area (Å²) in [6, 6.07) is 0. The molecule has 1 heterocycles. The van der Waals surface area contributed by atoms with Crippen LogP contribution in [0, 0.1) is 0 Å². The number of hydrogen-bond acceptors (Lipinski definition) is 6. The highest BCUT2D eigenvalue weighted by Crippen LogP contribution is 2.41. The van der Waals surface area contributed by atoms with Crippen molar-refractivity contribution in [3.63, 3.8) is 0 Å². The molecule has 0 aromatic carbocycles. The fourth-order valence-corrected chi connectivity index (χ4v) is 5.01. The van der Waals surface area contributed by atoms with Gasteiger partial charge in [0.05, 0.1) is 19.1 Å². The summed E-state index contributed by atoms with van der Waals surface area (Å²) in [5, 5.41) is 0. The molecule has 34 heavy (non-hydrogen) atoms. The summed E-state index contributed by atoms with van der Waals surface area (Å²) in [5.74, 6) is -0.432. The lowest BCUT2D eigenvalue weighted by Gasteiger charge is -2.28. The number of esters is 1. The summed E-state index contributed by atoms with van der Waals surface area (Å²) in [6.07, 6.45) is 24.4. The van der Waals surface area contributed by atoms with Gasteiger partial charge in [-0.05, 0) is 45.4 Å². The Morgan fingerprint density at radius 3 is 2.12 bits per heavy atom. The van der Waals surface area contributed by atoms with Crippen molar-refractivity contribution < 1.29 is 28.0 Å². The average Bonchev–Trinajstić information content (AvgIpc) is 2.78. The molecule has 0 amide bonds. The molecular formula is C27H48O6P-. The van der Waals surface area contributed by atoms with Crippen LogP contribution < -0.4 is 4.89 Å². The maximum Gasteiger partial charge on any atom is 0.308 e. The van der Waals surface area contributed by atoms with E-state index in [1.54, 1.807) is 0 Å². The number of hydrogen-bond donors (Lipinski definition) is 0. The predicted octanol–water partition coefficient (Wildman–Crippen LogP) is 7.57. The zero-order valence-electron chi connectivity index (χ0n) is 21.6. The molecular weight excluding hydrogens is 451 g/mol. The van der Waals surface area contributed by atoms with Crippen molar-refractivity contribution in [1.29, 1.82) is 0 Å². The smallest absolute Gasteiger partial charge is 0.308 e. The van der Waals surface area contributed by atoms with E-state index in [9.17, 15) is 14.3 Å². The van der Waals surface area contributed by atoms with Gasteiger partial charge in [0.15, 0.2) is 0 Å². The van der Waals surface area contributed by atoms with Crippen LogP contribution >= 0.6 is 7.82 Å². The van der Waals surface area contributed by atoms with Crippen LogP contribution in [0.5, 0.6) is 0 Å². The molecule has 0 fully saturated rings. The number of cyclic esters (lactones) is 1. The third-order valence-corrected chi connectivity index (χ3v) is 6.96. The average molecular weight is 500 g/mol. The van der Waals surface area contributed by atoms with Crippen LogP contribution in [0.3, 0.4) is 0 Å². The Morgan fingerprint density at radius 2 is 1.47 bits per heavy atom. The second-order valence-electron chi connectivity index (χ2n) is 9.38. The molecule has 1 aliphatic heterocycles. The van der Waals surface area contributed by atoms with Crippen LogP contribution in [0.4, 0.5) is 0 Å². The number of ether oxygens (including phenoxy) is 1. The molecule has 0 radical (unpaired) electrons. The first-order valence-electron chi connectivity index (χ1n) is 13.6. The molecule has 198 valence electrons. The van der Waals surface area contributed by atoms with Crippen molar-refractivity contribution in [2.75, 3.05) is 6.61 Å². The quantitative estimate of drug-likeness (QED) is 0.220. The largest absolute Gasteiger partial charge is 0.756 e. The van der Waals surface area contributed by atoms with E-state index in [4.69, 9.17) is 13.8 Å². The van der Waals surface area contributed by atoms with Gasteiger partial charge in [-0.25, -0.2) is 0 Å². The van der Waals surface area contributed by atoms with Crippen molar-refractivity contribution in [2.24, 2.45) is 0 Å². The minimum absolute atomic E-state index is 0.0805. The van der Waals surface area contributed by atoms with Crippen LogP contribution in [0.15, 0.2) is 24.3 Å². The van der Waals surface area contributed by atoms with Gasteiger partial charge in [-0.3, -0.25) is 9.36 Å². The molecule has 0 aromatic rings. The van der Waals surface area contributed by atoms with Gasteiger partial charge in [-0.15, -0.1) is 0 Å². The lowest BCUT2D eigenvalue weighted by Crippen LogP contribution is -2.24. The summed E-state index contributed by atoms with van der Waals surface area (Å²) in [5.41, 5.74) is 0. The zero-order valence-corrected chi connectivity index (χ0v) is 22.5. The lowest BCUT2D eigenvalue weighted by atomic mass is 10.0. The summed E-state index contributed by atoms with van der Waals surface area (Å²) in [4.78, 5) is 24.6. The standard InChI is InChI=1S/C27H49O6P/c1-3-23-31-34(29,30)33-26-22-20-18-16-14-12-10-8-6-4-5-7-9-11-13-15-17-19-21-25(2)32-27(28)24-26/h9,11,17,19,25-26H,3-8,10,12-16,18,20-24H2,1-2H3,(H,29,30)/p-1/b11-9+,19-17+/t25-,26-/m1/s1. The van der Waals surface area contributed by atoms with Gasteiger partial charge >= 0.3 is 5.97 Å². The Balaban J connectivity index is 2.61. The van der Waals surface area contributed by atoms with Gasteiger partial charge < -0.3 is 18.7 Å². The molecule has 0 aliphatic carbocycles. The number of rotatable bonds is 5. The van der Waals surface area contributed by atoms with Crippen molar-refractivity contribution in [2.45, 2.75) is 135 Å². The number of phosphoric ester groups is 1. The van der Waals surface area contributed by atoms with E-state index < -0.39 is 19.9 Å². The van der Waals surface area contributed by atoms with E-state index in [-0.39, 0.29) is 19.1 Å². The van der Waals surface area contributed by atoms with Gasteiger partial charge in [-0.2, -0.15) is 0 Å². The molecule has 6 nitrogen and oxygen atoms in total. The number of carbonyl (C=O) groups excluding carboxylic acids is 1. The summed E-state index contributed by atoms with van der Waals surface area (Å²) < 4.78 is 27.8. The maximum absolute atomic E-state index is 12.4. The molecule has 0 saturated carbocycles. The lowest BCUT2D eigenvalue weighted by molar-refractivity contribution is -0.230. The monoisotopic (exact) mass is 499 g/mol. The first-order chi connectivity index (χ1) is 16.4. The molecule has 3 atom stereocenters. The highest BCUT2D eigenvalue weighted by Gasteiger charge is 2.22. The van der Waals surface area contributed by atoms with E-state index >= 15 is 0 Å². The minimum atomic E-state index is -4.43. The van der Waals surface area contributed by atoms with E-state index in [0.29, 0.717) is 19.3 Å². The molecule has 0 spiro atoms. The van der Waals surface area contributed by atoms with Crippen molar-refractivity contribution in [3.8, 4) is 0 Å². The third kappa shape index (κ3) is 18.4. The number of phosphoric acid groups is 1. The van der Waals surface area contributed by atoms with Crippen molar-refractivity contribution in [3.05, 3.63) is 24.3 Å². The van der Waals surface area contributed by atoms with E-state index in [0.717, 1.165) is 32.1 Å². The van der Waals surface area contributed by atoms with E-state index in [1.165, 1.54) is 51.4 Å². The number of allylic oxidation sites excluding steroid dienone is 3. The SMILES string of the molecule is CCCOP(=O)([O-])O[C@@H]1CCCCCCCCCCCC/C=C/CC/C=C/C[C@@H](C)OC(=O)C1. The maximum atomic E-state index is 12.4. The second-order valence-corrected chi connectivity index (χ2v) is 10.7. The first kappa shape index (κ1) is 31.1. The summed E-state index contributed by atoms with van der Waals surface area (Å²) in [6.45, 7) is 3.76. The van der Waals surface area contributed by atoms with E-state index in [2.05, 4.69) is 18.2 Å². The molecule has 0 N–H and O–H groups in total. The van der Waals surface area contributed by atoms with Crippen LogP contribution in [-0.4, -0.2) is 24.8 Å². The summed E-state index contributed by atoms with van der Waals surface area (Å²) in [7, 11) is -4.43. The van der Waals surface area contributed by atoms with Gasteiger partial charge in [0.1, 0.15) is 6.10 Å². The Hall–Kier alpha value is -0.940. The number of carbonyl (C=O) groups is 1. The van der Waals surface area contributed by atoms with Crippen LogP contribution in [0.1, 0.15) is 123 Å². The Labute approximate surface area is 208 Å². The fourth-order valence-electron chi connectivity index (χ4n) is 4.00. The third-order valence-electron chi connectivity index (χ3n) is 5.91. The zero-order chi connectivity index (χ0) is 24.9. The molecule has 1 rings (SSSR count). The van der Waals surface area contributed by atoms with Gasteiger partial charge in [0, 0.05) is 6.42 Å². The Morgan fingerprint density at radius 1 is 0.912 bits per heavy atom. The van der Waals surface area contributed by atoms with Crippen LogP contribution in [0.2, 0.25) is 0 Å². The molecule has 7 heteroatoms. The molecule has 0 bridgehead atoms. The normalized spacial score (nSPS) is 27.6. The Bertz CT molecular complexity index is 618. The Kier molecular flexibility index (Phi) is 18.5. The predicted molar refractivity (Wildman–Crippen MR) is 136 cm³/mol. The first-order valence-corrected chi connectivity index (χ1v) is 15.0. The fraction of sp³-hybridized carbons (Fsp3) is 0.815. The minimum Gasteiger partial charge on any atom is -0.756 e. The second kappa shape index (κ2) is 20.3. The topological polar surface area (TPSA) is 84.9 Å².